The van der Waals surface area contributed by atoms with E-state index in [2.05, 4.69) is 15.5 Å². The number of carbonyl (C=O) groups excluding carboxylic acids is 2. The molecule has 0 unspecified atom stereocenters. The zero-order valence-electron chi connectivity index (χ0n) is 18.5. The van der Waals surface area contributed by atoms with Crippen LogP contribution in [0.1, 0.15) is 65.7 Å². The predicted molar refractivity (Wildman–Crippen MR) is 130 cm³/mol. The summed E-state index contributed by atoms with van der Waals surface area (Å²) in [5.41, 5.74) is 2.22. The minimum atomic E-state index is -0.128. The van der Waals surface area contributed by atoms with E-state index in [-0.39, 0.29) is 17.9 Å². The molecular weight excluding hydrogens is 422 g/mol. The third-order valence-corrected chi connectivity index (χ3v) is 7.04. The molecule has 4 rings (SSSR count). The molecule has 1 aliphatic carbocycles. The number of rotatable bonds is 6. The SMILES string of the molecule is O=C(NC1CCN(c2ccccc2C(=O)NCC2CCCCC2)CC1)c1ccccc1Cl. The summed E-state index contributed by atoms with van der Waals surface area (Å²) in [6.45, 7) is 2.35. The minimum absolute atomic E-state index is 0.0142. The van der Waals surface area contributed by atoms with Gasteiger partial charge >= 0.3 is 0 Å². The number of hydrogen-bond acceptors (Lipinski definition) is 3. The first-order valence-corrected chi connectivity index (χ1v) is 12.2. The molecule has 1 saturated heterocycles. The maximum absolute atomic E-state index is 12.9. The Hall–Kier alpha value is -2.53. The molecule has 2 fully saturated rings. The highest BCUT2D eigenvalue weighted by molar-refractivity contribution is 6.33. The number of anilines is 1. The summed E-state index contributed by atoms with van der Waals surface area (Å²) in [6.07, 6.45) is 7.97. The van der Waals surface area contributed by atoms with Gasteiger partial charge in [-0.25, -0.2) is 0 Å². The summed E-state index contributed by atoms with van der Waals surface area (Å²) < 4.78 is 0. The molecule has 2 aromatic rings. The quantitative estimate of drug-likeness (QED) is 0.643. The van der Waals surface area contributed by atoms with E-state index in [1.54, 1.807) is 12.1 Å². The second-order valence-corrected chi connectivity index (χ2v) is 9.35. The van der Waals surface area contributed by atoms with E-state index in [0.717, 1.165) is 43.7 Å². The van der Waals surface area contributed by atoms with Crippen LogP contribution < -0.4 is 15.5 Å². The second kappa shape index (κ2) is 10.9. The molecule has 32 heavy (non-hydrogen) atoms. The lowest BCUT2D eigenvalue weighted by atomic mass is 9.89. The third kappa shape index (κ3) is 5.63. The fraction of sp³-hybridized carbons (Fsp3) is 0.462. The van der Waals surface area contributed by atoms with Crippen LogP contribution >= 0.6 is 11.6 Å². The highest BCUT2D eigenvalue weighted by Gasteiger charge is 2.25. The Morgan fingerprint density at radius 2 is 1.50 bits per heavy atom. The molecule has 0 radical (unpaired) electrons. The largest absolute Gasteiger partial charge is 0.371 e. The van der Waals surface area contributed by atoms with Crippen LogP contribution in [0.15, 0.2) is 48.5 Å². The summed E-state index contributed by atoms with van der Waals surface area (Å²) in [5.74, 6) is 0.495. The van der Waals surface area contributed by atoms with Crippen LogP contribution in [0.2, 0.25) is 5.02 Å². The van der Waals surface area contributed by atoms with Crippen molar-refractivity contribution >= 4 is 29.1 Å². The van der Waals surface area contributed by atoms with Gasteiger partial charge in [0.25, 0.3) is 11.8 Å². The van der Waals surface area contributed by atoms with Crippen LogP contribution in [-0.4, -0.2) is 37.5 Å². The monoisotopic (exact) mass is 453 g/mol. The molecule has 1 heterocycles. The highest BCUT2D eigenvalue weighted by Crippen LogP contribution is 2.26. The van der Waals surface area contributed by atoms with Crippen LogP contribution in [-0.2, 0) is 0 Å². The lowest BCUT2D eigenvalue weighted by molar-refractivity contribution is 0.0929. The van der Waals surface area contributed by atoms with Gasteiger partial charge in [0.2, 0.25) is 0 Å². The standard InChI is InChI=1S/C26H32ClN3O2/c27-23-12-6-4-10-21(23)26(32)29-20-14-16-30(17-15-20)24-13-7-5-11-22(24)25(31)28-18-19-8-2-1-3-9-19/h4-7,10-13,19-20H,1-3,8-9,14-18H2,(H,28,31)(H,29,32). The van der Waals surface area contributed by atoms with Gasteiger partial charge in [-0.3, -0.25) is 9.59 Å². The fourth-order valence-electron chi connectivity index (χ4n) is 4.84. The Balaban J connectivity index is 1.33. The zero-order valence-corrected chi connectivity index (χ0v) is 19.2. The Labute approximate surface area is 195 Å². The molecule has 1 saturated carbocycles. The number of benzene rings is 2. The van der Waals surface area contributed by atoms with Crippen molar-refractivity contribution in [2.75, 3.05) is 24.5 Å². The summed E-state index contributed by atoms with van der Waals surface area (Å²) in [7, 11) is 0. The van der Waals surface area contributed by atoms with E-state index in [0.29, 0.717) is 16.5 Å². The van der Waals surface area contributed by atoms with Crippen molar-refractivity contribution in [3.05, 3.63) is 64.7 Å². The van der Waals surface area contributed by atoms with Crippen LogP contribution in [0.25, 0.3) is 0 Å². The van der Waals surface area contributed by atoms with Crippen molar-refractivity contribution in [2.45, 2.75) is 51.0 Å². The number of nitrogens with one attached hydrogen (secondary N) is 2. The molecule has 5 nitrogen and oxygen atoms in total. The second-order valence-electron chi connectivity index (χ2n) is 8.95. The van der Waals surface area contributed by atoms with Gasteiger partial charge in [-0.05, 0) is 55.9 Å². The molecule has 6 heteroatoms. The van der Waals surface area contributed by atoms with Gasteiger partial charge in [-0.15, -0.1) is 0 Å². The average molecular weight is 454 g/mol. The van der Waals surface area contributed by atoms with Gasteiger partial charge in [0.05, 0.1) is 16.1 Å². The van der Waals surface area contributed by atoms with E-state index in [1.807, 2.05) is 36.4 Å². The van der Waals surface area contributed by atoms with Crippen LogP contribution in [0.4, 0.5) is 5.69 Å². The molecule has 2 aliphatic rings. The van der Waals surface area contributed by atoms with E-state index in [4.69, 9.17) is 11.6 Å². The number of carbonyl (C=O) groups is 2. The normalized spacial score (nSPS) is 17.7. The van der Waals surface area contributed by atoms with Crippen molar-refractivity contribution in [3.63, 3.8) is 0 Å². The van der Waals surface area contributed by atoms with Gasteiger partial charge in [0, 0.05) is 31.4 Å². The van der Waals surface area contributed by atoms with Gasteiger partial charge in [0.15, 0.2) is 0 Å². The average Bonchev–Trinajstić information content (AvgIpc) is 2.84. The van der Waals surface area contributed by atoms with Crippen molar-refractivity contribution in [1.29, 1.82) is 0 Å². The fourth-order valence-corrected chi connectivity index (χ4v) is 5.06. The van der Waals surface area contributed by atoms with Crippen molar-refractivity contribution in [2.24, 2.45) is 5.92 Å². The molecule has 0 atom stereocenters. The van der Waals surface area contributed by atoms with Gasteiger partial charge < -0.3 is 15.5 Å². The first-order chi connectivity index (χ1) is 15.6. The number of halogens is 1. The van der Waals surface area contributed by atoms with Crippen molar-refractivity contribution < 1.29 is 9.59 Å². The summed E-state index contributed by atoms with van der Waals surface area (Å²) in [4.78, 5) is 27.8. The Kier molecular flexibility index (Phi) is 7.69. The maximum atomic E-state index is 12.9. The Morgan fingerprint density at radius 3 is 2.22 bits per heavy atom. The molecule has 0 bridgehead atoms. The Morgan fingerprint density at radius 1 is 0.844 bits per heavy atom. The number of para-hydroxylation sites is 1. The van der Waals surface area contributed by atoms with Crippen LogP contribution in [0.3, 0.4) is 0 Å². The molecule has 2 amide bonds. The third-order valence-electron chi connectivity index (χ3n) is 6.71. The summed E-state index contributed by atoms with van der Waals surface area (Å²) in [6, 6.07) is 15.1. The molecule has 2 aromatic carbocycles. The molecule has 1 aliphatic heterocycles. The van der Waals surface area contributed by atoms with E-state index in [9.17, 15) is 9.59 Å². The lowest BCUT2D eigenvalue weighted by Crippen LogP contribution is -2.45. The number of nitrogens with zero attached hydrogens (tertiary/aromatic N) is 1. The van der Waals surface area contributed by atoms with E-state index < -0.39 is 0 Å². The van der Waals surface area contributed by atoms with E-state index in [1.165, 1.54) is 32.1 Å². The van der Waals surface area contributed by atoms with Gasteiger partial charge in [-0.1, -0.05) is 55.1 Å². The smallest absolute Gasteiger partial charge is 0.253 e. The van der Waals surface area contributed by atoms with Crippen molar-refractivity contribution in [3.8, 4) is 0 Å². The van der Waals surface area contributed by atoms with Gasteiger partial charge in [0.1, 0.15) is 0 Å². The number of amides is 2. The lowest BCUT2D eigenvalue weighted by Gasteiger charge is -2.35. The molecule has 0 spiro atoms. The topological polar surface area (TPSA) is 61.4 Å². The molecule has 2 N–H and O–H groups in total. The predicted octanol–water partition coefficient (Wildman–Crippen LogP) is 5.05. The van der Waals surface area contributed by atoms with Crippen molar-refractivity contribution in [1.82, 2.24) is 10.6 Å². The van der Waals surface area contributed by atoms with Crippen LogP contribution in [0.5, 0.6) is 0 Å². The summed E-state index contributed by atoms with van der Waals surface area (Å²) in [5, 5.41) is 6.75. The first-order valence-electron chi connectivity index (χ1n) is 11.8. The van der Waals surface area contributed by atoms with Crippen LogP contribution in [0, 0.1) is 5.92 Å². The molecular formula is C26H32ClN3O2. The Bertz CT molecular complexity index is 934. The number of hydrogen-bond donors (Lipinski definition) is 2. The first kappa shape index (κ1) is 22.7. The number of piperidine rings is 1. The minimum Gasteiger partial charge on any atom is -0.371 e. The van der Waals surface area contributed by atoms with E-state index >= 15 is 0 Å². The highest BCUT2D eigenvalue weighted by atomic mass is 35.5. The maximum Gasteiger partial charge on any atom is 0.253 e. The summed E-state index contributed by atoms with van der Waals surface area (Å²) >= 11 is 6.16. The zero-order chi connectivity index (χ0) is 22.3. The molecule has 0 aromatic heterocycles. The molecule has 170 valence electrons. The van der Waals surface area contributed by atoms with Gasteiger partial charge in [-0.2, -0.15) is 0 Å².